The van der Waals surface area contributed by atoms with E-state index in [4.69, 9.17) is 5.84 Å². The zero-order chi connectivity index (χ0) is 22.5. The van der Waals surface area contributed by atoms with Crippen molar-refractivity contribution in [3.8, 4) is 0 Å². The number of hydrogen-bond acceptors (Lipinski definition) is 6. The van der Waals surface area contributed by atoms with Gasteiger partial charge in [0.2, 0.25) is 0 Å². The van der Waals surface area contributed by atoms with Gasteiger partial charge in [-0.25, -0.2) is 5.43 Å². The molecule has 0 aromatic heterocycles. The second-order valence-electron chi connectivity index (χ2n) is 9.22. The van der Waals surface area contributed by atoms with Crippen molar-refractivity contribution in [2.24, 2.45) is 5.84 Å². The van der Waals surface area contributed by atoms with Gasteiger partial charge in [0.15, 0.2) is 0 Å². The molecule has 0 heterocycles. The Labute approximate surface area is 194 Å². The number of rotatable bonds is 28. The van der Waals surface area contributed by atoms with Gasteiger partial charge in [-0.2, -0.15) is 22.1 Å². The minimum Gasteiger partial charge on any atom is -0.257 e. The summed E-state index contributed by atoms with van der Waals surface area (Å²) in [5, 5.41) is 0. The molecule has 0 fully saturated rings. The third-order valence-electron chi connectivity index (χ3n) is 6.19. The van der Waals surface area contributed by atoms with Gasteiger partial charge in [0.25, 0.3) is 0 Å². The Balaban J connectivity index is 2.98. The summed E-state index contributed by atoms with van der Waals surface area (Å²) < 4.78 is 0. The molecule has 0 amide bonds. The zero-order valence-corrected chi connectivity index (χ0v) is 21.0. The van der Waals surface area contributed by atoms with Gasteiger partial charge in [-0.15, -0.1) is 0 Å². The molecular weight excluding hydrogens is 384 g/mol. The van der Waals surface area contributed by atoms with Crippen LogP contribution < -0.4 is 33.4 Å². The largest absolute Gasteiger partial charge is 0.257 e. The standard InChI is InChI=1S/C25H58N6/c1-2-3-4-5-6-7-8-9-10-11-12-13-14-15-16-17-18-19-20-21-22-23-24-25-27-29-31-30-28-26/h27-31H,2-26H2,1H3. The molecule has 0 saturated carbocycles. The highest BCUT2D eigenvalue weighted by molar-refractivity contribution is 4.51. The summed E-state index contributed by atoms with van der Waals surface area (Å²) >= 11 is 0. The minimum absolute atomic E-state index is 0.957. The van der Waals surface area contributed by atoms with E-state index in [1.165, 1.54) is 148 Å². The first-order chi connectivity index (χ1) is 15.4. The number of nitrogens with two attached hydrogens (primary N) is 1. The van der Waals surface area contributed by atoms with E-state index in [0.717, 1.165) is 6.54 Å². The van der Waals surface area contributed by atoms with Crippen molar-refractivity contribution in [2.75, 3.05) is 6.54 Å². The van der Waals surface area contributed by atoms with Gasteiger partial charge in [0, 0.05) is 6.54 Å². The van der Waals surface area contributed by atoms with E-state index in [0.29, 0.717) is 0 Å². The van der Waals surface area contributed by atoms with E-state index >= 15 is 0 Å². The lowest BCUT2D eigenvalue weighted by atomic mass is 10.0. The average molecular weight is 443 g/mol. The average Bonchev–Trinajstić information content (AvgIpc) is 2.78. The fraction of sp³-hybridized carbons (Fsp3) is 1.00. The van der Waals surface area contributed by atoms with E-state index in [2.05, 4.69) is 34.5 Å². The summed E-state index contributed by atoms with van der Waals surface area (Å²) in [6.07, 6.45) is 32.9. The smallest absolute Gasteiger partial charge is 0.0113 e. The molecule has 0 saturated heterocycles. The predicted octanol–water partition coefficient (Wildman–Crippen LogP) is 6.46. The SMILES string of the molecule is CCCCCCCCCCCCCCCCCCCCCCCCCNNNNNN. The van der Waals surface area contributed by atoms with E-state index in [1.807, 2.05) is 0 Å². The van der Waals surface area contributed by atoms with Crippen LogP contribution in [-0.4, -0.2) is 6.54 Å². The number of hydrogen-bond donors (Lipinski definition) is 6. The lowest BCUT2D eigenvalue weighted by molar-refractivity contribution is 0.326. The molecule has 0 bridgehead atoms. The van der Waals surface area contributed by atoms with Gasteiger partial charge in [0.05, 0.1) is 0 Å². The maximum absolute atomic E-state index is 5.04. The van der Waals surface area contributed by atoms with Gasteiger partial charge in [0.1, 0.15) is 0 Å². The molecule has 0 unspecified atom stereocenters. The van der Waals surface area contributed by atoms with Crippen LogP contribution in [0.5, 0.6) is 0 Å². The molecule has 31 heavy (non-hydrogen) atoms. The van der Waals surface area contributed by atoms with Crippen LogP contribution in [0.2, 0.25) is 0 Å². The van der Waals surface area contributed by atoms with Crippen LogP contribution in [0.4, 0.5) is 0 Å². The number of nitrogens with one attached hydrogen (secondary N) is 5. The Morgan fingerprint density at radius 1 is 0.387 bits per heavy atom. The summed E-state index contributed by atoms with van der Waals surface area (Å²) in [4.78, 5) is 0. The van der Waals surface area contributed by atoms with Crippen LogP contribution >= 0.6 is 0 Å². The second kappa shape index (κ2) is 29.8. The molecule has 6 nitrogen and oxygen atoms in total. The van der Waals surface area contributed by atoms with Crippen molar-refractivity contribution >= 4 is 0 Å². The van der Waals surface area contributed by atoms with Crippen molar-refractivity contribution in [3.63, 3.8) is 0 Å². The Bertz CT molecular complexity index is 276. The third kappa shape index (κ3) is 29.8. The highest BCUT2D eigenvalue weighted by Gasteiger charge is 1.96. The molecule has 0 aromatic rings. The molecule has 0 aliphatic rings. The van der Waals surface area contributed by atoms with Crippen molar-refractivity contribution in [1.82, 2.24) is 27.6 Å². The van der Waals surface area contributed by atoms with Gasteiger partial charge in [-0.3, -0.25) is 5.84 Å². The van der Waals surface area contributed by atoms with Crippen molar-refractivity contribution in [2.45, 2.75) is 155 Å². The normalized spacial score (nSPS) is 11.4. The van der Waals surface area contributed by atoms with Crippen LogP contribution in [0.1, 0.15) is 155 Å². The van der Waals surface area contributed by atoms with Crippen LogP contribution in [0.3, 0.4) is 0 Å². The topological polar surface area (TPSA) is 86.2 Å². The van der Waals surface area contributed by atoms with Gasteiger partial charge >= 0.3 is 0 Å². The van der Waals surface area contributed by atoms with Crippen LogP contribution in [-0.2, 0) is 0 Å². The van der Waals surface area contributed by atoms with E-state index in [9.17, 15) is 0 Å². The molecule has 0 aliphatic carbocycles. The van der Waals surface area contributed by atoms with Crippen molar-refractivity contribution < 1.29 is 0 Å². The van der Waals surface area contributed by atoms with Crippen LogP contribution in [0.25, 0.3) is 0 Å². The first-order valence-electron chi connectivity index (χ1n) is 13.8. The molecular formula is C25H58N6. The molecule has 7 N–H and O–H groups in total. The Kier molecular flexibility index (Phi) is 29.5. The fourth-order valence-corrected chi connectivity index (χ4v) is 4.17. The first-order valence-corrected chi connectivity index (χ1v) is 13.8. The third-order valence-corrected chi connectivity index (χ3v) is 6.19. The highest BCUT2D eigenvalue weighted by Crippen LogP contribution is 2.15. The second-order valence-corrected chi connectivity index (χ2v) is 9.22. The van der Waals surface area contributed by atoms with Crippen molar-refractivity contribution in [1.29, 1.82) is 0 Å². The molecule has 0 spiro atoms. The molecule has 0 aliphatic heterocycles. The monoisotopic (exact) mass is 442 g/mol. The number of unbranched alkanes of at least 4 members (excludes halogenated alkanes) is 22. The summed E-state index contributed by atoms with van der Waals surface area (Å²) in [7, 11) is 0. The maximum Gasteiger partial charge on any atom is 0.0113 e. The predicted molar refractivity (Wildman–Crippen MR) is 137 cm³/mol. The maximum atomic E-state index is 5.04. The highest BCUT2D eigenvalue weighted by atomic mass is 15.8. The quantitative estimate of drug-likeness (QED) is 0.0474. The van der Waals surface area contributed by atoms with E-state index in [1.54, 1.807) is 0 Å². The summed E-state index contributed by atoms with van der Waals surface area (Å²) in [5.74, 6) is 5.04. The van der Waals surface area contributed by atoms with E-state index < -0.39 is 0 Å². The van der Waals surface area contributed by atoms with Crippen molar-refractivity contribution in [3.05, 3.63) is 0 Å². The molecule has 188 valence electrons. The molecule has 0 atom stereocenters. The Hall–Kier alpha value is -0.240. The van der Waals surface area contributed by atoms with Gasteiger partial charge in [-0.05, 0) is 6.42 Å². The van der Waals surface area contributed by atoms with Gasteiger partial charge < -0.3 is 0 Å². The zero-order valence-electron chi connectivity index (χ0n) is 21.0. The lowest BCUT2D eigenvalue weighted by Crippen LogP contribution is -2.57. The summed E-state index contributed by atoms with van der Waals surface area (Å²) in [5.41, 5.74) is 13.3. The Morgan fingerprint density at radius 2 is 0.710 bits per heavy atom. The minimum atomic E-state index is 0.957. The van der Waals surface area contributed by atoms with Gasteiger partial charge in [-0.1, -0.05) is 148 Å². The number of hydrazine groups is 5. The Morgan fingerprint density at radius 3 is 1.03 bits per heavy atom. The molecule has 6 heteroatoms. The summed E-state index contributed by atoms with van der Waals surface area (Å²) in [6, 6.07) is 0. The lowest BCUT2D eigenvalue weighted by Gasteiger charge is -2.08. The molecule has 0 aromatic carbocycles. The first kappa shape index (κ1) is 30.8. The van der Waals surface area contributed by atoms with Crippen LogP contribution in [0.15, 0.2) is 0 Å². The van der Waals surface area contributed by atoms with E-state index in [-0.39, 0.29) is 0 Å². The molecule has 0 radical (unpaired) electrons. The molecule has 0 rings (SSSR count). The van der Waals surface area contributed by atoms with Crippen LogP contribution in [0, 0.1) is 0 Å². The summed E-state index contributed by atoms with van der Waals surface area (Å²) in [6.45, 7) is 3.25. The fourth-order valence-electron chi connectivity index (χ4n) is 4.17.